The number of fused-ring (bicyclic) bond motifs is 1. The molecule has 2 aromatic carbocycles. The van der Waals surface area contributed by atoms with Crippen LogP contribution in [0.3, 0.4) is 0 Å². The zero-order chi connectivity index (χ0) is 24.1. The molecule has 6 nitrogen and oxygen atoms in total. The van der Waals surface area contributed by atoms with Crippen LogP contribution in [0.2, 0.25) is 5.02 Å². The number of amides is 2. The van der Waals surface area contributed by atoms with E-state index in [2.05, 4.69) is 5.32 Å². The molecule has 0 aromatic heterocycles. The van der Waals surface area contributed by atoms with Crippen LogP contribution in [0.1, 0.15) is 55.7 Å². The van der Waals surface area contributed by atoms with Gasteiger partial charge in [0.25, 0.3) is 0 Å². The number of alkyl halides is 1. The van der Waals surface area contributed by atoms with E-state index in [1.165, 1.54) is 17.0 Å². The van der Waals surface area contributed by atoms with Crippen LogP contribution in [0, 0.1) is 5.82 Å². The number of carbonyl (C=O) groups excluding carboxylic acids is 2. The second-order valence-corrected chi connectivity index (χ2v) is 9.28. The minimum absolute atomic E-state index is 0.00946. The first kappa shape index (κ1) is 24.6. The normalized spacial score (nSPS) is 16.6. The summed E-state index contributed by atoms with van der Waals surface area (Å²) in [6, 6.07) is 8.08. The van der Waals surface area contributed by atoms with E-state index in [0.717, 1.165) is 50.2 Å². The summed E-state index contributed by atoms with van der Waals surface area (Å²) in [5.74, 6) is -0.474. The number of nitrogens with zero attached hydrogens (tertiary/aromatic N) is 1. The van der Waals surface area contributed by atoms with Crippen LogP contribution in [-0.4, -0.2) is 35.4 Å². The molecule has 1 atom stereocenters. The topological polar surface area (TPSA) is 67.9 Å². The summed E-state index contributed by atoms with van der Waals surface area (Å²) in [7, 11) is 0. The molecule has 0 saturated heterocycles. The highest BCUT2D eigenvalue weighted by molar-refractivity contribution is 6.31. The second-order valence-electron chi connectivity index (χ2n) is 8.61. The highest BCUT2D eigenvalue weighted by Crippen LogP contribution is 2.35. The van der Waals surface area contributed by atoms with Crippen molar-refractivity contribution in [2.45, 2.75) is 57.2 Å². The Labute approximate surface area is 208 Å². The Morgan fingerprint density at radius 3 is 2.50 bits per heavy atom. The molecule has 182 valence electrons. The van der Waals surface area contributed by atoms with Crippen LogP contribution in [0.5, 0.6) is 11.5 Å². The molecule has 2 aliphatic rings. The monoisotopic (exact) mass is 508 g/mol. The van der Waals surface area contributed by atoms with Crippen LogP contribution in [0.15, 0.2) is 36.4 Å². The van der Waals surface area contributed by atoms with Crippen molar-refractivity contribution in [1.29, 1.82) is 0 Å². The van der Waals surface area contributed by atoms with Crippen molar-refractivity contribution in [3.8, 4) is 11.5 Å². The standard InChI is InChI=1S/C25H27Cl2FN2O4/c26-13-23(31)30(14-16-7-10-21-22(11-16)34-15-33-21)24(19-9-8-17(28)12-20(19)27)25(32)29-18-5-3-1-2-4-6-18/h7-12,18,24H,1-6,13-15H2,(H,29,32)/t24-/m1/s1. The lowest BCUT2D eigenvalue weighted by molar-refractivity contribution is -0.140. The van der Waals surface area contributed by atoms with Crippen LogP contribution < -0.4 is 14.8 Å². The maximum Gasteiger partial charge on any atom is 0.247 e. The highest BCUT2D eigenvalue weighted by Gasteiger charge is 2.34. The molecule has 1 saturated carbocycles. The Bertz CT molecular complexity index is 1040. The molecule has 0 radical (unpaired) electrons. The molecule has 4 rings (SSSR count). The minimum Gasteiger partial charge on any atom is -0.454 e. The van der Waals surface area contributed by atoms with Gasteiger partial charge in [0.05, 0.1) is 0 Å². The fraction of sp³-hybridized carbons (Fsp3) is 0.440. The van der Waals surface area contributed by atoms with Gasteiger partial charge in [-0.3, -0.25) is 9.59 Å². The van der Waals surface area contributed by atoms with Crippen molar-refractivity contribution in [1.82, 2.24) is 10.2 Å². The number of hydrogen-bond donors (Lipinski definition) is 1. The van der Waals surface area contributed by atoms with Gasteiger partial charge < -0.3 is 19.7 Å². The number of carbonyl (C=O) groups is 2. The average molecular weight is 509 g/mol. The van der Waals surface area contributed by atoms with E-state index in [9.17, 15) is 14.0 Å². The van der Waals surface area contributed by atoms with Crippen molar-refractivity contribution < 1.29 is 23.5 Å². The van der Waals surface area contributed by atoms with Crippen LogP contribution in [0.25, 0.3) is 0 Å². The zero-order valence-electron chi connectivity index (χ0n) is 18.7. The number of nitrogens with one attached hydrogen (secondary N) is 1. The number of ether oxygens (including phenoxy) is 2. The Morgan fingerprint density at radius 1 is 1.06 bits per heavy atom. The molecule has 2 aromatic rings. The van der Waals surface area contributed by atoms with E-state index >= 15 is 0 Å². The lowest BCUT2D eigenvalue weighted by atomic mass is 10.0. The summed E-state index contributed by atoms with van der Waals surface area (Å²) >= 11 is 12.3. The molecule has 1 fully saturated rings. The molecule has 1 aliphatic carbocycles. The van der Waals surface area contributed by atoms with E-state index in [-0.39, 0.29) is 36.2 Å². The second kappa shape index (κ2) is 11.3. The molecular formula is C25H27Cl2FN2O4. The van der Waals surface area contributed by atoms with Gasteiger partial charge in [0.2, 0.25) is 18.6 Å². The summed E-state index contributed by atoms with van der Waals surface area (Å²) in [6.07, 6.45) is 6.10. The summed E-state index contributed by atoms with van der Waals surface area (Å²) in [6.45, 7) is 0.208. The Morgan fingerprint density at radius 2 is 1.79 bits per heavy atom. The summed E-state index contributed by atoms with van der Waals surface area (Å²) in [5, 5.41) is 3.18. The summed E-state index contributed by atoms with van der Waals surface area (Å²) < 4.78 is 24.6. The van der Waals surface area contributed by atoms with Gasteiger partial charge in [-0.2, -0.15) is 0 Å². The maximum absolute atomic E-state index is 13.8. The van der Waals surface area contributed by atoms with E-state index in [0.29, 0.717) is 17.1 Å². The number of halogens is 3. The Hall–Kier alpha value is -2.51. The van der Waals surface area contributed by atoms with Crippen LogP contribution >= 0.6 is 23.2 Å². The number of benzene rings is 2. The van der Waals surface area contributed by atoms with Crippen molar-refractivity contribution in [2.75, 3.05) is 12.7 Å². The first-order valence-corrected chi connectivity index (χ1v) is 12.4. The predicted octanol–water partition coefficient (Wildman–Crippen LogP) is 5.36. The van der Waals surface area contributed by atoms with Crippen molar-refractivity contribution in [3.05, 3.63) is 58.4 Å². The zero-order valence-corrected chi connectivity index (χ0v) is 20.2. The molecule has 1 heterocycles. The Kier molecular flexibility index (Phi) is 8.16. The fourth-order valence-corrected chi connectivity index (χ4v) is 4.94. The SMILES string of the molecule is O=C(NC1CCCCCC1)[C@@H](c1ccc(F)cc1Cl)N(Cc1ccc2c(c1)OCO2)C(=O)CCl. The first-order valence-electron chi connectivity index (χ1n) is 11.5. The molecular weight excluding hydrogens is 482 g/mol. The van der Waals surface area contributed by atoms with Gasteiger partial charge >= 0.3 is 0 Å². The molecule has 9 heteroatoms. The third-order valence-corrected chi connectivity index (χ3v) is 6.80. The van der Waals surface area contributed by atoms with Gasteiger partial charge in [-0.25, -0.2) is 4.39 Å². The maximum atomic E-state index is 13.8. The van der Waals surface area contributed by atoms with Crippen LogP contribution in [0.4, 0.5) is 4.39 Å². The molecule has 1 aliphatic heterocycles. The van der Waals surface area contributed by atoms with Gasteiger partial charge in [-0.15, -0.1) is 11.6 Å². The molecule has 0 spiro atoms. The lowest BCUT2D eigenvalue weighted by Crippen LogP contribution is -2.46. The van der Waals surface area contributed by atoms with Crippen molar-refractivity contribution in [2.24, 2.45) is 0 Å². The third kappa shape index (κ3) is 5.76. The van der Waals surface area contributed by atoms with Crippen molar-refractivity contribution in [3.63, 3.8) is 0 Å². The largest absolute Gasteiger partial charge is 0.454 e. The number of hydrogen-bond acceptors (Lipinski definition) is 4. The van der Waals surface area contributed by atoms with E-state index in [1.54, 1.807) is 18.2 Å². The quantitative estimate of drug-likeness (QED) is 0.404. The van der Waals surface area contributed by atoms with Gasteiger partial charge in [-0.05, 0) is 42.7 Å². The minimum atomic E-state index is -1.08. The van der Waals surface area contributed by atoms with Crippen LogP contribution in [-0.2, 0) is 16.1 Å². The summed E-state index contributed by atoms with van der Waals surface area (Å²) in [4.78, 5) is 28.1. The van der Waals surface area contributed by atoms with E-state index in [1.807, 2.05) is 0 Å². The molecule has 0 unspecified atom stereocenters. The highest BCUT2D eigenvalue weighted by atomic mass is 35.5. The molecule has 0 bridgehead atoms. The molecule has 1 N–H and O–H groups in total. The van der Waals surface area contributed by atoms with Crippen molar-refractivity contribution >= 4 is 35.0 Å². The molecule has 2 amide bonds. The fourth-order valence-electron chi connectivity index (χ4n) is 4.51. The predicted molar refractivity (Wildman–Crippen MR) is 128 cm³/mol. The van der Waals surface area contributed by atoms with E-state index in [4.69, 9.17) is 32.7 Å². The smallest absolute Gasteiger partial charge is 0.247 e. The Balaban J connectivity index is 1.68. The lowest BCUT2D eigenvalue weighted by Gasteiger charge is -2.33. The van der Waals surface area contributed by atoms with Gasteiger partial charge in [0.1, 0.15) is 17.7 Å². The summed E-state index contributed by atoms with van der Waals surface area (Å²) in [5.41, 5.74) is 1.07. The van der Waals surface area contributed by atoms with Gasteiger partial charge in [0, 0.05) is 23.2 Å². The van der Waals surface area contributed by atoms with E-state index < -0.39 is 17.8 Å². The first-order chi connectivity index (χ1) is 16.5. The average Bonchev–Trinajstić information content (AvgIpc) is 3.14. The van der Waals surface area contributed by atoms with Gasteiger partial charge in [0.15, 0.2) is 11.5 Å². The third-order valence-electron chi connectivity index (χ3n) is 6.24. The number of rotatable bonds is 7. The molecule has 34 heavy (non-hydrogen) atoms. The van der Waals surface area contributed by atoms with Gasteiger partial charge in [-0.1, -0.05) is 49.4 Å².